The van der Waals surface area contributed by atoms with Gasteiger partial charge in [0.1, 0.15) is 0 Å². The minimum atomic E-state index is -4.41. The summed E-state index contributed by atoms with van der Waals surface area (Å²) in [5.41, 5.74) is -1.39. The molecule has 1 aliphatic carbocycles. The van der Waals surface area contributed by atoms with Crippen molar-refractivity contribution in [1.29, 1.82) is 0 Å². The van der Waals surface area contributed by atoms with Gasteiger partial charge in [-0.3, -0.25) is 4.79 Å². The fraction of sp³-hybridized carbons (Fsp3) is 0.562. The second-order valence-corrected chi connectivity index (χ2v) is 6.43. The molecule has 1 aromatic carbocycles. The quantitative estimate of drug-likeness (QED) is 0.912. The zero-order chi connectivity index (χ0) is 16.1. The Labute approximate surface area is 126 Å². The van der Waals surface area contributed by atoms with E-state index in [0.29, 0.717) is 6.54 Å². The van der Waals surface area contributed by atoms with E-state index in [-0.39, 0.29) is 29.9 Å². The van der Waals surface area contributed by atoms with Crippen LogP contribution in [0, 0.1) is 11.8 Å². The van der Waals surface area contributed by atoms with Gasteiger partial charge in [-0.15, -0.1) is 0 Å². The predicted octanol–water partition coefficient (Wildman–Crippen LogP) is 2.94. The Morgan fingerprint density at radius 3 is 2.36 bits per heavy atom. The molecule has 0 bridgehead atoms. The Kier molecular flexibility index (Phi) is 3.47. The first kappa shape index (κ1) is 15.3. The molecule has 1 N–H and O–H groups in total. The van der Waals surface area contributed by atoms with Crippen LogP contribution in [0.1, 0.15) is 35.7 Å². The number of alkyl halides is 3. The molecule has 1 saturated heterocycles. The van der Waals surface area contributed by atoms with Gasteiger partial charge < -0.3 is 10.0 Å². The van der Waals surface area contributed by atoms with Gasteiger partial charge in [0, 0.05) is 18.0 Å². The molecule has 0 unspecified atom stereocenters. The van der Waals surface area contributed by atoms with Gasteiger partial charge in [0.05, 0.1) is 17.7 Å². The van der Waals surface area contributed by atoms with Crippen molar-refractivity contribution in [3.8, 4) is 0 Å². The summed E-state index contributed by atoms with van der Waals surface area (Å²) in [6.45, 7) is 2.61. The molecular weight excluding hydrogens is 295 g/mol. The van der Waals surface area contributed by atoms with Crippen molar-refractivity contribution in [2.75, 3.05) is 13.1 Å². The van der Waals surface area contributed by atoms with Gasteiger partial charge in [-0.05, 0) is 43.0 Å². The fourth-order valence-electron chi connectivity index (χ4n) is 3.27. The third-order valence-corrected chi connectivity index (χ3v) is 4.82. The summed E-state index contributed by atoms with van der Waals surface area (Å²) in [4.78, 5) is 14.0. The molecule has 3 nitrogen and oxygen atoms in total. The third kappa shape index (κ3) is 2.60. The van der Waals surface area contributed by atoms with Crippen LogP contribution in [0.4, 0.5) is 13.2 Å². The second-order valence-electron chi connectivity index (χ2n) is 6.43. The molecule has 1 saturated carbocycles. The van der Waals surface area contributed by atoms with E-state index in [9.17, 15) is 23.1 Å². The first-order chi connectivity index (χ1) is 10.2. The van der Waals surface area contributed by atoms with E-state index in [1.54, 1.807) is 4.90 Å². The maximum atomic E-state index is 12.5. The number of aliphatic hydroxyl groups is 1. The van der Waals surface area contributed by atoms with Crippen molar-refractivity contribution in [3.05, 3.63) is 35.4 Å². The molecule has 3 rings (SSSR count). The molecule has 1 heterocycles. The molecule has 6 heteroatoms. The lowest BCUT2D eigenvalue weighted by atomic mass is 9.88. The van der Waals surface area contributed by atoms with Gasteiger partial charge in [-0.1, -0.05) is 6.92 Å². The molecule has 1 aliphatic heterocycles. The molecule has 2 aliphatic rings. The average Bonchev–Trinajstić information content (AvgIpc) is 3.26. The molecule has 120 valence electrons. The predicted molar refractivity (Wildman–Crippen MR) is 74.2 cm³/mol. The maximum Gasteiger partial charge on any atom is 0.416 e. The van der Waals surface area contributed by atoms with Crippen LogP contribution in [0.15, 0.2) is 24.3 Å². The fourth-order valence-corrected chi connectivity index (χ4v) is 3.27. The van der Waals surface area contributed by atoms with E-state index in [4.69, 9.17) is 0 Å². The summed E-state index contributed by atoms with van der Waals surface area (Å²) in [5.74, 6) is -0.0940. The average molecular weight is 313 g/mol. The molecule has 0 spiro atoms. The summed E-state index contributed by atoms with van der Waals surface area (Å²) in [7, 11) is 0. The van der Waals surface area contributed by atoms with Crippen LogP contribution in [-0.2, 0) is 6.18 Å². The number of hydrogen-bond donors (Lipinski definition) is 1. The Hall–Kier alpha value is -1.56. The lowest BCUT2D eigenvalue weighted by molar-refractivity contribution is -0.137. The number of β-amino-alcohol motifs (C(OH)–C–C–N with tert-alkyl or cyclic N) is 1. The van der Waals surface area contributed by atoms with Crippen molar-refractivity contribution < 1.29 is 23.1 Å². The van der Waals surface area contributed by atoms with Gasteiger partial charge in [-0.2, -0.15) is 13.2 Å². The number of halogens is 3. The van der Waals surface area contributed by atoms with Crippen LogP contribution < -0.4 is 0 Å². The molecule has 22 heavy (non-hydrogen) atoms. The molecular formula is C16H18F3NO2. The van der Waals surface area contributed by atoms with E-state index < -0.39 is 17.3 Å². The van der Waals surface area contributed by atoms with Gasteiger partial charge in [0.2, 0.25) is 0 Å². The van der Waals surface area contributed by atoms with Crippen molar-refractivity contribution in [1.82, 2.24) is 4.90 Å². The van der Waals surface area contributed by atoms with Crippen LogP contribution in [-0.4, -0.2) is 34.6 Å². The monoisotopic (exact) mass is 313 g/mol. The van der Waals surface area contributed by atoms with Crippen LogP contribution in [0.5, 0.6) is 0 Å². The summed E-state index contributed by atoms with van der Waals surface area (Å²) in [5, 5.41) is 10.7. The zero-order valence-corrected chi connectivity index (χ0v) is 12.2. The summed E-state index contributed by atoms with van der Waals surface area (Å²) >= 11 is 0. The van der Waals surface area contributed by atoms with Crippen LogP contribution in [0.25, 0.3) is 0 Å². The van der Waals surface area contributed by atoms with Crippen molar-refractivity contribution in [3.63, 3.8) is 0 Å². The van der Waals surface area contributed by atoms with Crippen LogP contribution >= 0.6 is 0 Å². The number of likely N-dealkylation sites (tertiary alicyclic amines) is 1. The summed E-state index contributed by atoms with van der Waals surface area (Å²) in [6, 6.07) is 4.23. The van der Waals surface area contributed by atoms with Crippen molar-refractivity contribution in [2.45, 2.75) is 31.5 Å². The van der Waals surface area contributed by atoms with E-state index >= 15 is 0 Å². The Morgan fingerprint density at radius 2 is 1.86 bits per heavy atom. The SMILES string of the molecule is C[C@@H]1CN(C(=O)c2ccc(C(F)(F)F)cc2)C[C@@]1(O)C1CC1. The van der Waals surface area contributed by atoms with Gasteiger partial charge in [0.15, 0.2) is 0 Å². The first-order valence-corrected chi connectivity index (χ1v) is 7.41. The highest BCUT2D eigenvalue weighted by Gasteiger charge is 2.53. The maximum absolute atomic E-state index is 12.5. The molecule has 1 aromatic rings. The van der Waals surface area contributed by atoms with Gasteiger partial charge in [-0.25, -0.2) is 0 Å². The van der Waals surface area contributed by atoms with Gasteiger partial charge in [0.25, 0.3) is 5.91 Å². The highest BCUT2D eigenvalue weighted by atomic mass is 19.4. The summed E-state index contributed by atoms with van der Waals surface area (Å²) < 4.78 is 37.6. The Balaban J connectivity index is 1.75. The third-order valence-electron chi connectivity index (χ3n) is 4.82. The highest BCUT2D eigenvalue weighted by Crippen LogP contribution is 2.47. The largest absolute Gasteiger partial charge is 0.416 e. The number of carbonyl (C=O) groups is 1. The zero-order valence-electron chi connectivity index (χ0n) is 12.2. The minimum Gasteiger partial charge on any atom is -0.387 e. The number of rotatable bonds is 2. The molecule has 2 fully saturated rings. The highest BCUT2D eigenvalue weighted by molar-refractivity contribution is 5.94. The normalized spacial score (nSPS) is 29.0. The van der Waals surface area contributed by atoms with E-state index in [1.807, 2.05) is 6.92 Å². The number of benzene rings is 1. The van der Waals surface area contributed by atoms with E-state index in [1.165, 1.54) is 12.1 Å². The Morgan fingerprint density at radius 1 is 1.27 bits per heavy atom. The van der Waals surface area contributed by atoms with Crippen LogP contribution in [0.3, 0.4) is 0 Å². The minimum absolute atomic E-state index is 0.0154. The van der Waals surface area contributed by atoms with Crippen molar-refractivity contribution in [2.24, 2.45) is 11.8 Å². The smallest absolute Gasteiger partial charge is 0.387 e. The molecule has 0 aromatic heterocycles. The molecule has 0 radical (unpaired) electrons. The Bertz CT molecular complexity index is 580. The topological polar surface area (TPSA) is 40.5 Å². The number of amides is 1. The standard InChI is InChI=1S/C16H18F3NO2/c1-10-8-20(9-15(10,22)12-6-7-12)14(21)11-2-4-13(5-3-11)16(17,18)19/h2-5,10,12,22H,6-9H2,1H3/t10-,15+/m1/s1. The van der Waals surface area contributed by atoms with Crippen LogP contribution in [0.2, 0.25) is 0 Å². The number of carbonyl (C=O) groups excluding carboxylic acids is 1. The van der Waals surface area contributed by atoms with Gasteiger partial charge >= 0.3 is 6.18 Å². The summed E-state index contributed by atoms with van der Waals surface area (Å²) in [6.07, 6.45) is -2.46. The van der Waals surface area contributed by atoms with Crippen molar-refractivity contribution >= 4 is 5.91 Å². The second kappa shape index (κ2) is 4.98. The number of nitrogens with zero attached hydrogens (tertiary/aromatic N) is 1. The lowest BCUT2D eigenvalue weighted by Gasteiger charge is -2.26. The molecule has 2 atom stereocenters. The molecule has 1 amide bonds. The van der Waals surface area contributed by atoms with E-state index in [2.05, 4.69) is 0 Å². The van der Waals surface area contributed by atoms with E-state index in [0.717, 1.165) is 25.0 Å². The first-order valence-electron chi connectivity index (χ1n) is 7.41. The number of hydrogen-bond acceptors (Lipinski definition) is 2. The lowest BCUT2D eigenvalue weighted by Crippen LogP contribution is -2.40.